The average molecular weight is 279 g/mol. The second-order valence-corrected chi connectivity index (χ2v) is 3.92. The molecule has 1 aromatic carbocycles. The zero-order valence-electron chi connectivity index (χ0n) is 9.41. The van der Waals surface area contributed by atoms with Crippen molar-refractivity contribution < 1.29 is 9.72 Å². The fourth-order valence-corrected chi connectivity index (χ4v) is 1.57. The molecule has 1 N–H and O–H groups in total. The van der Waals surface area contributed by atoms with Crippen LogP contribution in [0.1, 0.15) is 10.4 Å². The van der Waals surface area contributed by atoms with Gasteiger partial charge < -0.3 is 5.32 Å². The van der Waals surface area contributed by atoms with Crippen molar-refractivity contribution in [1.82, 2.24) is 10.2 Å². The van der Waals surface area contributed by atoms with E-state index in [1.165, 1.54) is 30.5 Å². The first-order valence-corrected chi connectivity index (χ1v) is 5.49. The maximum absolute atomic E-state index is 11.9. The molecule has 2 aromatic rings. The molecule has 0 atom stereocenters. The molecule has 96 valence electrons. The minimum absolute atomic E-state index is 0.136. The third-order valence-electron chi connectivity index (χ3n) is 2.21. The van der Waals surface area contributed by atoms with Crippen LogP contribution >= 0.6 is 11.6 Å². The molecule has 0 unspecified atom stereocenters. The van der Waals surface area contributed by atoms with Gasteiger partial charge in [-0.05, 0) is 24.3 Å². The van der Waals surface area contributed by atoms with E-state index in [1.54, 1.807) is 6.07 Å². The van der Waals surface area contributed by atoms with Gasteiger partial charge in [-0.25, -0.2) is 0 Å². The Morgan fingerprint density at radius 2 is 2.16 bits per heavy atom. The van der Waals surface area contributed by atoms with Crippen molar-refractivity contribution in [3.63, 3.8) is 0 Å². The quantitative estimate of drug-likeness (QED) is 0.686. The van der Waals surface area contributed by atoms with Crippen LogP contribution in [0.25, 0.3) is 0 Å². The molecule has 0 saturated carbocycles. The van der Waals surface area contributed by atoms with Crippen LogP contribution in [0.4, 0.5) is 11.5 Å². The molecular weight excluding hydrogens is 272 g/mol. The fourth-order valence-electron chi connectivity index (χ4n) is 1.40. The number of nitro benzene ring substituents is 1. The summed E-state index contributed by atoms with van der Waals surface area (Å²) in [5, 5.41) is 20.7. The number of rotatable bonds is 3. The predicted octanol–water partition coefficient (Wildman–Crippen LogP) is 2.29. The Morgan fingerprint density at radius 3 is 2.79 bits per heavy atom. The summed E-state index contributed by atoms with van der Waals surface area (Å²) >= 11 is 5.74. The number of carbonyl (C=O) groups is 1. The van der Waals surface area contributed by atoms with Gasteiger partial charge in [-0.3, -0.25) is 14.9 Å². The molecule has 2 rings (SSSR count). The number of hydrogen-bond acceptors (Lipinski definition) is 5. The molecule has 0 aliphatic carbocycles. The maximum Gasteiger partial charge on any atom is 0.282 e. The molecule has 7 nitrogen and oxygen atoms in total. The highest BCUT2D eigenvalue weighted by Gasteiger charge is 2.20. The molecule has 0 saturated heterocycles. The first-order valence-electron chi connectivity index (χ1n) is 5.11. The molecule has 0 fully saturated rings. The second-order valence-electron chi connectivity index (χ2n) is 3.48. The number of carbonyl (C=O) groups excluding carboxylic acids is 1. The van der Waals surface area contributed by atoms with Gasteiger partial charge in [0.25, 0.3) is 11.6 Å². The summed E-state index contributed by atoms with van der Waals surface area (Å²) in [6, 6.07) is 6.84. The summed E-state index contributed by atoms with van der Waals surface area (Å²) in [7, 11) is 0. The number of nitrogens with zero attached hydrogens (tertiary/aromatic N) is 3. The van der Waals surface area contributed by atoms with E-state index in [2.05, 4.69) is 15.5 Å². The Morgan fingerprint density at radius 1 is 1.37 bits per heavy atom. The molecule has 0 bridgehead atoms. The Labute approximate surface area is 112 Å². The first-order chi connectivity index (χ1) is 9.08. The molecule has 1 heterocycles. The van der Waals surface area contributed by atoms with E-state index in [-0.39, 0.29) is 22.1 Å². The van der Waals surface area contributed by atoms with Crippen molar-refractivity contribution in [2.75, 3.05) is 5.32 Å². The van der Waals surface area contributed by atoms with Crippen LogP contribution in [-0.4, -0.2) is 21.0 Å². The summed E-state index contributed by atoms with van der Waals surface area (Å²) < 4.78 is 0. The fraction of sp³-hybridized carbons (Fsp3) is 0. The highest BCUT2D eigenvalue weighted by molar-refractivity contribution is 6.31. The lowest BCUT2D eigenvalue weighted by atomic mass is 10.1. The Balaban J connectivity index is 2.33. The normalized spacial score (nSPS) is 9.95. The van der Waals surface area contributed by atoms with Crippen LogP contribution in [0.5, 0.6) is 0 Å². The van der Waals surface area contributed by atoms with Crippen molar-refractivity contribution in [2.45, 2.75) is 0 Å². The van der Waals surface area contributed by atoms with Crippen molar-refractivity contribution in [3.05, 3.63) is 57.2 Å². The van der Waals surface area contributed by atoms with E-state index in [4.69, 9.17) is 11.6 Å². The number of anilines is 1. The molecule has 0 spiro atoms. The molecule has 0 radical (unpaired) electrons. The molecule has 19 heavy (non-hydrogen) atoms. The molecule has 0 aliphatic rings. The van der Waals surface area contributed by atoms with Crippen LogP contribution < -0.4 is 5.32 Å². The van der Waals surface area contributed by atoms with Crippen LogP contribution in [0.2, 0.25) is 5.02 Å². The number of hydrogen-bond donors (Lipinski definition) is 1. The predicted molar refractivity (Wildman–Crippen MR) is 68.1 cm³/mol. The zero-order valence-corrected chi connectivity index (χ0v) is 10.2. The van der Waals surface area contributed by atoms with E-state index in [0.717, 1.165) is 0 Å². The lowest BCUT2D eigenvalue weighted by Gasteiger charge is -2.04. The number of benzene rings is 1. The van der Waals surface area contributed by atoms with Crippen LogP contribution in [0.15, 0.2) is 36.5 Å². The van der Waals surface area contributed by atoms with Crippen molar-refractivity contribution in [2.24, 2.45) is 0 Å². The van der Waals surface area contributed by atoms with Crippen LogP contribution in [0, 0.1) is 10.1 Å². The van der Waals surface area contributed by atoms with Gasteiger partial charge in [-0.1, -0.05) is 11.6 Å². The van der Waals surface area contributed by atoms with Gasteiger partial charge in [-0.2, -0.15) is 5.10 Å². The minimum Gasteiger partial charge on any atom is -0.305 e. The number of aromatic nitrogens is 2. The minimum atomic E-state index is -0.672. The lowest BCUT2D eigenvalue weighted by molar-refractivity contribution is -0.385. The van der Waals surface area contributed by atoms with E-state index in [9.17, 15) is 14.9 Å². The third-order valence-corrected chi connectivity index (χ3v) is 2.45. The number of amides is 1. The molecule has 8 heteroatoms. The van der Waals surface area contributed by atoms with E-state index >= 15 is 0 Å². The first kappa shape index (κ1) is 12.9. The smallest absolute Gasteiger partial charge is 0.282 e. The zero-order chi connectivity index (χ0) is 13.8. The molecule has 0 aliphatic heterocycles. The monoisotopic (exact) mass is 278 g/mol. The van der Waals surface area contributed by atoms with Gasteiger partial charge >= 0.3 is 0 Å². The van der Waals surface area contributed by atoms with Gasteiger partial charge in [0.05, 0.1) is 4.92 Å². The van der Waals surface area contributed by atoms with Crippen molar-refractivity contribution in [1.29, 1.82) is 0 Å². The summed E-state index contributed by atoms with van der Waals surface area (Å²) in [6.45, 7) is 0. The Bertz CT molecular complexity index is 633. The molecular formula is C11H7ClN4O3. The number of halogens is 1. The number of nitrogens with one attached hydrogen (secondary N) is 1. The number of nitro groups is 1. The summed E-state index contributed by atoms with van der Waals surface area (Å²) in [5.41, 5.74) is -0.464. The van der Waals surface area contributed by atoms with Gasteiger partial charge in [-0.15, -0.1) is 5.10 Å². The van der Waals surface area contributed by atoms with E-state index < -0.39 is 10.8 Å². The third kappa shape index (κ3) is 3.02. The van der Waals surface area contributed by atoms with Crippen molar-refractivity contribution in [3.8, 4) is 0 Å². The van der Waals surface area contributed by atoms with Crippen LogP contribution in [-0.2, 0) is 0 Å². The van der Waals surface area contributed by atoms with E-state index in [0.29, 0.717) is 0 Å². The van der Waals surface area contributed by atoms with E-state index in [1.807, 2.05) is 0 Å². The van der Waals surface area contributed by atoms with Gasteiger partial charge in [0, 0.05) is 17.3 Å². The highest BCUT2D eigenvalue weighted by Crippen LogP contribution is 2.23. The van der Waals surface area contributed by atoms with Gasteiger partial charge in [0.1, 0.15) is 5.56 Å². The summed E-state index contributed by atoms with van der Waals surface area (Å²) in [4.78, 5) is 22.1. The molecule has 1 aromatic heterocycles. The van der Waals surface area contributed by atoms with Gasteiger partial charge in [0.2, 0.25) is 0 Å². The molecule has 1 amide bonds. The van der Waals surface area contributed by atoms with Crippen molar-refractivity contribution >= 4 is 29.0 Å². The topological polar surface area (TPSA) is 98.0 Å². The summed E-state index contributed by atoms with van der Waals surface area (Å²) in [5.74, 6) is -0.475. The lowest BCUT2D eigenvalue weighted by Crippen LogP contribution is -2.15. The van der Waals surface area contributed by atoms with Crippen LogP contribution in [0.3, 0.4) is 0 Å². The van der Waals surface area contributed by atoms with Gasteiger partial charge in [0.15, 0.2) is 5.82 Å². The average Bonchev–Trinajstić information content (AvgIpc) is 2.39. The second kappa shape index (κ2) is 5.40. The largest absolute Gasteiger partial charge is 0.305 e. The SMILES string of the molecule is O=C(Nc1cccnn1)c1cc(Cl)ccc1[N+](=O)[O-]. The summed E-state index contributed by atoms with van der Waals surface area (Å²) in [6.07, 6.45) is 1.44. The highest BCUT2D eigenvalue weighted by atomic mass is 35.5. The Hall–Kier alpha value is -2.54. The maximum atomic E-state index is 11.9. The standard InChI is InChI=1S/C11H7ClN4O3/c12-7-3-4-9(16(18)19)8(6-7)11(17)14-10-2-1-5-13-15-10/h1-6H,(H,14,15,17). The Kier molecular flexibility index (Phi) is 3.67.